The van der Waals surface area contributed by atoms with Crippen LogP contribution in [0.2, 0.25) is 0 Å². The minimum Gasteiger partial charge on any atom is -0.399 e. The van der Waals surface area contributed by atoms with Crippen LogP contribution < -0.4 is 11.1 Å². The van der Waals surface area contributed by atoms with Crippen molar-refractivity contribution in [2.24, 2.45) is 0 Å². The van der Waals surface area contributed by atoms with Gasteiger partial charge in [0.15, 0.2) is 0 Å². The van der Waals surface area contributed by atoms with Crippen molar-refractivity contribution in [1.29, 1.82) is 0 Å². The van der Waals surface area contributed by atoms with Crippen LogP contribution in [0.25, 0.3) is 0 Å². The Morgan fingerprint density at radius 2 is 1.90 bits per heavy atom. The second-order valence-corrected chi connectivity index (χ2v) is 4.80. The van der Waals surface area contributed by atoms with Crippen molar-refractivity contribution in [2.45, 2.75) is 13.8 Å². The van der Waals surface area contributed by atoms with E-state index in [0.29, 0.717) is 11.3 Å². The van der Waals surface area contributed by atoms with Gasteiger partial charge < -0.3 is 11.1 Å². The largest absolute Gasteiger partial charge is 0.399 e. The van der Waals surface area contributed by atoms with Gasteiger partial charge in [0, 0.05) is 17.3 Å². The van der Waals surface area contributed by atoms with Gasteiger partial charge in [0.25, 0.3) is 11.6 Å². The first-order valence-electron chi connectivity index (χ1n) is 6.31. The molecule has 1 amide bonds. The smallest absolute Gasteiger partial charge is 0.292 e. The monoisotopic (exact) mass is 285 g/mol. The van der Waals surface area contributed by atoms with E-state index in [0.717, 1.165) is 11.1 Å². The first kappa shape index (κ1) is 14.5. The third-order valence-electron chi connectivity index (χ3n) is 3.13. The maximum Gasteiger partial charge on any atom is 0.292 e. The minimum absolute atomic E-state index is 0.138. The summed E-state index contributed by atoms with van der Waals surface area (Å²) in [6.07, 6.45) is 0. The zero-order chi connectivity index (χ0) is 15.6. The van der Waals surface area contributed by atoms with E-state index in [1.54, 1.807) is 44.2 Å². The molecule has 0 heterocycles. The van der Waals surface area contributed by atoms with Crippen LogP contribution in [0.4, 0.5) is 17.1 Å². The number of anilines is 2. The number of amides is 1. The summed E-state index contributed by atoms with van der Waals surface area (Å²) < 4.78 is 0. The summed E-state index contributed by atoms with van der Waals surface area (Å²) >= 11 is 0. The molecule has 0 fully saturated rings. The summed E-state index contributed by atoms with van der Waals surface area (Å²) in [6, 6.07) is 9.43. The lowest BCUT2D eigenvalue weighted by atomic mass is 10.1. The van der Waals surface area contributed by atoms with Crippen molar-refractivity contribution in [3.05, 3.63) is 63.2 Å². The van der Waals surface area contributed by atoms with Crippen LogP contribution in [-0.2, 0) is 0 Å². The van der Waals surface area contributed by atoms with Crippen LogP contribution in [0, 0.1) is 24.0 Å². The Kier molecular flexibility index (Phi) is 3.89. The Labute approximate surface area is 121 Å². The normalized spacial score (nSPS) is 10.2. The Morgan fingerprint density at radius 3 is 2.52 bits per heavy atom. The molecule has 108 valence electrons. The number of nitrogens with one attached hydrogen (secondary N) is 1. The molecule has 2 aromatic carbocycles. The van der Waals surface area contributed by atoms with Crippen LogP contribution in [0.1, 0.15) is 21.5 Å². The zero-order valence-corrected chi connectivity index (χ0v) is 11.7. The van der Waals surface area contributed by atoms with Crippen LogP contribution in [0.15, 0.2) is 36.4 Å². The molecule has 0 saturated heterocycles. The number of nitrogens with two attached hydrogens (primary N) is 1. The molecular weight excluding hydrogens is 270 g/mol. The molecule has 21 heavy (non-hydrogen) atoms. The number of carbonyl (C=O) groups excluding carboxylic acids is 1. The predicted octanol–water partition coefficient (Wildman–Crippen LogP) is 3.05. The number of nitro groups is 1. The lowest BCUT2D eigenvalue weighted by Crippen LogP contribution is -2.13. The standard InChI is InChI=1S/C15H15N3O3/c1-9-3-6-14(18(20)21)13(7-9)17-15(19)11-4-5-12(16)10(2)8-11/h3-8H,16H2,1-2H3,(H,17,19). The summed E-state index contributed by atoms with van der Waals surface area (Å²) in [5, 5.41) is 13.6. The van der Waals surface area contributed by atoms with Crippen molar-refractivity contribution in [2.75, 3.05) is 11.1 Å². The van der Waals surface area contributed by atoms with Gasteiger partial charge in [-0.25, -0.2) is 0 Å². The molecule has 2 rings (SSSR count). The molecule has 2 aromatic rings. The molecule has 0 spiro atoms. The van der Waals surface area contributed by atoms with E-state index in [2.05, 4.69) is 5.32 Å². The van der Waals surface area contributed by atoms with Gasteiger partial charge >= 0.3 is 0 Å². The van der Waals surface area contributed by atoms with E-state index in [9.17, 15) is 14.9 Å². The molecule has 0 saturated carbocycles. The summed E-state index contributed by atoms with van der Waals surface area (Å²) in [7, 11) is 0. The van der Waals surface area contributed by atoms with Gasteiger partial charge in [-0.1, -0.05) is 6.07 Å². The molecule has 0 aliphatic heterocycles. The van der Waals surface area contributed by atoms with Gasteiger partial charge in [-0.3, -0.25) is 14.9 Å². The molecule has 6 heteroatoms. The second kappa shape index (κ2) is 5.62. The number of benzene rings is 2. The first-order valence-corrected chi connectivity index (χ1v) is 6.31. The molecule has 0 aliphatic rings. The number of aryl methyl sites for hydroxylation is 2. The van der Waals surface area contributed by atoms with Crippen molar-refractivity contribution < 1.29 is 9.72 Å². The Bertz CT molecular complexity index is 726. The maximum absolute atomic E-state index is 12.2. The van der Waals surface area contributed by atoms with Crippen LogP contribution in [-0.4, -0.2) is 10.8 Å². The van der Waals surface area contributed by atoms with Crippen molar-refractivity contribution >= 4 is 23.0 Å². The summed E-state index contributed by atoms with van der Waals surface area (Å²) in [5.41, 5.74) is 8.34. The highest BCUT2D eigenvalue weighted by molar-refractivity contribution is 6.05. The Balaban J connectivity index is 2.33. The average Bonchev–Trinajstić information content (AvgIpc) is 2.41. The molecule has 6 nitrogen and oxygen atoms in total. The van der Waals surface area contributed by atoms with E-state index >= 15 is 0 Å². The van der Waals surface area contributed by atoms with Crippen LogP contribution >= 0.6 is 0 Å². The van der Waals surface area contributed by atoms with Gasteiger partial charge in [-0.05, 0) is 49.2 Å². The summed E-state index contributed by atoms with van der Waals surface area (Å²) in [5.74, 6) is -0.410. The van der Waals surface area contributed by atoms with Crippen LogP contribution in [0.5, 0.6) is 0 Å². The van der Waals surface area contributed by atoms with Crippen LogP contribution in [0.3, 0.4) is 0 Å². The minimum atomic E-state index is -0.525. The quantitative estimate of drug-likeness (QED) is 0.514. The van der Waals surface area contributed by atoms with Crippen molar-refractivity contribution in [3.63, 3.8) is 0 Å². The summed E-state index contributed by atoms with van der Waals surface area (Å²) in [6.45, 7) is 3.59. The average molecular weight is 285 g/mol. The van der Waals surface area contributed by atoms with E-state index in [4.69, 9.17) is 5.73 Å². The van der Waals surface area contributed by atoms with E-state index < -0.39 is 10.8 Å². The highest BCUT2D eigenvalue weighted by Gasteiger charge is 2.16. The lowest BCUT2D eigenvalue weighted by molar-refractivity contribution is -0.383. The maximum atomic E-state index is 12.2. The number of rotatable bonds is 3. The third-order valence-corrected chi connectivity index (χ3v) is 3.13. The number of hydrogen-bond acceptors (Lipinski definition) is 4. The number of nitro benzene ring substituents is 1. The molecule has 0 unspecified atom stereocenters. The molecule has 3 N–H and O–H groups in total. The predicted molar refractivity (Wildman–Crippen MR) is 81.4 cm³/mol. The fourth-order valence-corrected chi connectivity index (χ4v) is 1.92. The number of carbonyl (C=O) groups is 1. The number of hydrogen-bond donors (Lipinski definition) is 2. The van der Waals surface area contributed by atoms with Gasteiger partial charge in [0.1, 0.15) is 5.69 Å². The Hall–Kier alpha value is -2.89. The second-order valence-electron chi connectivity index (χ2n) is 4.80. The first-order chi connectivity index (χ1) is 9.88. The van der Waals surface area contributed by atoms with Gasteiger partial charge in [0.2, 0.25) is 0 Å². The fraction of sp³-hybridized carbons (Fsp3) is 0.133. The van der Waals surface area contributed by atoms with Gasteiger partial charge in [0.05, 0.1) is 4.92 Å². The highest BCUT2D eigenvalue weighted by Crippen LogP contribution is 2.26. The summed E-state index contributed by atoms with van der Waals surface area (Å²) in [4.78, 5) is 22.7. The van der Waals surface area contributed by atoms with Gasteiger partial charge in [-0.2, -0.15) is 0 Å². The number of nitrogen functional groups attached to an aromatic ring is 1. The van der Waals surface area contributed by atoms with Gasteiger partial charge in [-0.15, -0.1) is 0 Å². The fourth-order valence-electron chi connectivity index (χ4n) is 1.92. The molecular formula is C15H15N3O3. The van der Waals surface area contributed by atoms with E-state index in [1.165, 1.54) is 6.07 Å². The molecule has 0 atom stereocenters. The van der Waals surface area contributed by atoms with E-state index in [-0.39, 0.29) is 11.4 Å². The molecule has 0 aromatic heterocycles. The SMILES string of the molecule is Cc1ccc([N+](=O)[O-])c(NC(=O)c2ccc(N)c(C)c2)c1. The lowest BCUT2D eigenvalue weighted by Gasteiger charge is -2.08. The number of nitrogens with zero attached hydrogens (tertiary/aromatic N) is 1. The molecule has 0 bridgehead atoms. The van der Waals surface area contributed by atoms with E-state index in [1.807, 2.05) is 0 Å². The molecule has 0 aliphatic carbocycles. The topological polar surface area (TPSA) is 98.3 Å². The third kappa shape index (κ3) is 3.17. The Morgan fingerprint density at radius 1 is 1.19 bits per heavy atom. The highest BCUT2D eigenvalue weighted by atomic mass is 16.6. The van der Waals surface area contributed by atoms with Crippen molar-refractivity contribution in [3.8, 4) is 0 Å². The zero-order valence-electron chi connectivity index (χ0n) is 11.7. The van der Waals surface area contributed by atoms with Crippen molar-refractivity contribution in [1.82, 2.24) is 0 Å². The molecule has 0 radical (unpaired) electrons.